The predicted molar refractivity (Wildman–Crippen MR) is 124 cm³/mol. The van der Waals surface area contributed by atoms with E-state index in [1.807, 2.05) is 0 Å². The fourth-order valence-corrected chi connectivity index (χ4v) is 3.74. The molecule has 31 heavy (non-hydrogen) atoms. The molecule has 0 aliphatic carbocycles. The van der Waals surface area contributed by atoms with Crippen molar-refractivity contribution in [1.29, 1.82) is 0 Å². The Morgan fingerprint density at radius 3 is 1.39 bits per heavy atom. The quantitative estimate of drug-likeness (QED) is 0.147. The normalized spacial score (nSPS) is 11.7. The molecule has 0 saturated carbocycles. The molecule has 0 aliphatic rings. The first kappa shape index (κ1) is 29.3. The van der Waals surface area contributed by atoms with Crippen LogP contribution in [0.4, 0.5) is 0 Å². The molecule has 0 aromatic heterocycles. The van der Waals surface area contributed by atoms with Crippen molar-refractivity contribution in [3.05, 3.63) is 0 Å². The van der Waals surface area contributed by atoms with Gasteiger partial charge in [0.2, 0.25) is 5.91 Å². The molecule has 180 valence electrons. The van der Waals surface area contributed by atoms with Gasteiger partial charge in [0, 0.05) is 19.3 Å². The summed E-state index contributed by atoms with van der Waals surface area (Å²) in [5.41, 5.74) is 0. The van der Waals surface area contributed by atoms with Gasteiger partial charge in [-0.1, -0.05) is 89.9 Å². The number of unbranched alkanes of at least 4 members (excludes halogenated alkanes) is 15. The van der Waals surface area contributed by atoms with E-state index >= 15 is 0 Å². The van der Waals surface area contributed by atoms with Crippen molar-refractivity contribution in [2.75, 3.05) is 0 Å². The number of aliphatic carboxylic acids is 1. The van der Waals surface area contributed by atoms with Crippen LogP contribution in [0.1, 0.15) is 128 Å². The first-order chi connectivity index (χ1) is 15.1. The van der Waals surface area contributed by atoms with E-state index in [2.05, 4.69) is 5.32 Å². The molecule has 0 radical (unpaired) electrons. The molecule has 2 N–H and O–H groups in total. The van der Waals surface area contributed by atoms with Crippen LogP contribution in [0.3, 0.4) is 0 Å². The molecule has 0 heterocycles. The predicted octanol–water partition coefficient (Wildman–Crippen LogP) is 5.76. The standard InChI is InChI=1S/C25H45NO5/c27-21-17-18-23(22-28)26-24(29)19-15-13-11-9-7-5-3-1-2-4-6-8-10-12-14-16-20-25(30)31/h21-23H,1-20H2,(H,26,29)(H,30,31). The van der Waals surface area contributed by atoms with Gasteiger partial charge < -0.3 is 20.0 Å². The summed E-state index contributed by atoms with van der Waals surface area (Å²) < 4.78 is 0. The van der Waals surface area contributed by atoms with Gasteiger partial charge in [0.05, 0.1) is 6.04 Å². The zero-order valence-electron chi connectivity index (χ0n) is 19.5. The van der Waals surface area contributed by atoms with Crippen molar-refractivity contribution in [1.82, 2.24) is 5.32 Å². The van der Waals surface area contributed by atoms with Crippen LogP contribution in [0.2, 0.25) is 0 Å². The second kappa shape index (κ2) is 23.0. The van der Waals surface area contributed by atoms with Gasteiger partial charge in [0.1, 0.15) is 12.6 Å². The molecule has 0 aromatic carbocycles. The lowest BCUT2D eigenvalue weighted by Crippen LogP contribution is -2.35. The van der Waals surface area contributed by atoms with Gasteiger partial charge in [0.25, 0.3) is 0 Å². The highest BCUT2D eigenvalue weighted by atomic mass is 16.4. The van der Waals surface area contributed by atoms with Crippen LogP contribution in [0.25, 0.3) is 0 Å². The van der Waals surface area contributed by atoms with E-state index in [0.29, 0.717) is 32.0 Å². The molecule has 0 bridgehead atoms. The average molecular weight is 440 g/mol. The third kappa shape index (κ3) is 22.8. The maximum Gasteiger partial charge on any atom is 0.303 e. The largest absolute Gasteiger partial charge is 0.481 e. The van der Waals surface area contributed by atoms with Crippen molar-refractivity contribution >= 4 is 24.4 Å². The number of carboxylic acid groups (broad SMARTS) is 1. The minimum Gasteiger partial charge on any atom is -0.481 e. The van der Waals surface area contributed by atoms with Crippen molar-refractivity contribution in [2.24, 2.45) is 0 Å². The Morgan fingerprint density at radius 1 is 0.645 bits per heavy atom. The molecule has 0 saturated heterocycles. The second-order valence-electron chi connectivity index (χ2n) is 8.60. The lowest BCUT2D eigenvalue weighted by Gasteiger charge is -2.11. The number of carbonyl (C=O) groups is 4. The van der Waals surface area contributed by atoms with Crippen molar-refractivity contribution in [3.8, 4) is 0 Å². The highest BCUT2D eigenvalue weighted by molar-refractivity contribution is 5.79. The Hall–Kier alpha value is -1.72. The zero-order valence-corrected chi connectivity index (χ0v) is 19.5. The topological polar surface area (TPSA) is 101 Å². The van der Waals surface area contributed by atoms with E-state index in [4.69, 9.17) is 5.11 Å². The van der Waals surface area contributed by atoms with Crippen LogP contribution in [0.15, 0.2) is 0 Å². The van der Waals surface area contributed by atoms with Crippen LogP contribution < -0.4 is 5.32 Å². The monoisotopic (exact) mass is 439 g/mol. The van der Waals surface area contributed by atoms with Gasteiger partial charge in [-0.15, -0.1) is 0 Å². The van der Waals surface area contributed by atoms with Crippen molar-refractivity contribution in [2.45, 2.75) is 134 Å². The van der Waals surface area contributed by atoms with E-state index in [1.54, 1.807) is 0 Å². The number of carboxylic acids is 1. The molecule has 1 amide bonds. The van der Waals surface area contributed by atoms with Gasteiger partial charge >= 0.3 is 5.97 Å². The maximum absolute atomic E-state index is 11.8. The lowest BCUT2D eigenvalue weighted by molar-refractivity contribution is -0.137. The second-order valence-corrected chi connectivity index (χ2v) is 8.60. The van der Waals surface area contributed by atoms with Crippen LogP contribution in [0, 0.1) is 0 Å². The summed E-state index contributed by atoms with van der Waals surface area (Å²) in [5.74, 6) is -0.778. The van der Waals surface area contributed by atoms with Gasteiger partial charge in [0.15, 0.2) is 0 Å². The third-order valence-corrected chi connectivity index (χ3v) is 5.65. The Bertz CT molecular complexity index is 467. The molecule has 0 fully saturated rings. The minimum atomic E-state index is -0.682. The van der Waals surface area contributed by atoms with Crippen LogP contribution >= 0.6 is 0 Å². The Kier molecular flexibility index (Phi) is 21.7. The number of amides is 1. The first-order valence-electron chi connectivity index (χ1n) is 12.5. The molecule has 0 aromatic rings. The number of hydrogen-bond acceptors (Lipinski definition) is 4. The zero-order chi connectivity index (χ0) is 23.0. The van der Waals surface area contributed by atoms with Gasteiger partial charge in [-0.2, -0.15) is 0 Å². The first-order valence-corrected chi connectivity index (χ1v) is 12.5. The Morgan fingerprint density at radius 2 is 1.03 bits per heavy atom. The molecule has 0 spiro atoms. The summed E-state index contributed by atoms with van der Waals surface area (Å²) in [4.78, 5) is 43.4. The van der Waals surface area contributed by atoms with Crippen LogP contribution in [0.5, 0.6) is 0 Å². The van der Waals surface area contributed by atoms with E-state index in [-0.39, 0.29) is 5.91 Å². The number of nitrogens with one attached hydrogen (secondary N) is 1. The molecular formula is C25H45NO5. The van der Waals surface area contributed by atoms with E-state index in [0.717, 1.165) is 38.4 Å². The summed E-state index contributed by atoms with van der Waals surface area (Å²) >= 11 is 0. The summed E-state index contributed by atoms with van der Waals surface area (Å²) in [6.07, 6.45) is 21.8. The minimum absolute atomic E-state index is 0.0961. The van der Waals surface area contributed by atoms with E-state index < -0.39 is 12.0 Å². The van der Waals surface area contributed by atoms with E-state index in [1.165, 1.54) is 70.6 Å². The Labute approximate surface area is 188 Å². The molecular weight excluding hydrogens is 394 g/mol. The average Bonchev–Trinajstić information content (AvgIpc) is 2.75. The third-order valence-electron chi connectivity index (χ3n) is 5.65. The van der Waals surface area contributed by atoms with Crippen LogP contribution in [-0.4, -0.2) is 35.6 Å². The summed E-state index contributed by atoms with van der Waals surface area (Å²) in [7, 11) is 0. The van der Waals surface area contributed by atoms with Crippen LogP contribution in [-0.2, 0) is 19.2 Å². The fraction of sp³-hybridized carbons (Fsp3) is 0.840. The molecule has 6 nitrogen and oxygen atoms in total. The maximum atomic E-state index is 11.8. The smallest absolute Gasteiger partial charge is 0.303 e. The number of hydrogen-bond donors (Lipinski definition) is 2. The van der Waals surface area contributed by atoms with Crippen molar-refractivity contribution in [3.63, 3.8) is 0 Å². The summed E-state index contributed by atoms with van der Waals surface area (Å²) in [6.45, 7) is 0. The molecule has 1 unspecified atom stereocenters. The highest BCUT2D eigenvalue weighted by Crippen LogP contribution is 2.14. The van der Waals surface area contributed by atoms with Gasteiger partial charge in [-0.3, -0.25) is 9.59 Å². The Balaban J connectivity index is 3.26. The molecule has 6 heteroatoms. The summed E-state index contributed by atoms with van der Waals surface area (Å²) in [6, 6.07) is -0.534. The highest BCUT2D eigenvalue weighted by Gasteiger charge is 2.10. The fourth-order valence-electron chi connectivity index (χ4n) is 3.74. The number of carbonyl (C=O) groups excluding carboxylic acids is 3. The lowest BCUT2D eigenvalue weighted by atomic mass is 10.0. The number of aldehydes is 2. The van der Waals surface area contributed by atoms with Crippen molar-refractivity contribution < 1.29 is 24.3 Å². The molecule has 0 aliphatic heterocycles. The molecule has 1 atom stereocenters. The SMILES string of the molecule is O=CCCC(C=O)NC(=O)CCCCCCCCCCCCCCCCCCC(=O)O. The van der Waals surface area contributed by atoms with Gasteiger partial charge in [-0.05, 0) is 19.3 Å². The molecule has 0 rings (SSSR count). The number of rotatable bonds is 24. The van der Waals surface area contributed by atoms with Gasteiger partial charge in [-0.25, -0.2) is 0 Å². The van der Waals surface area contributed by atoms with E-state index in [9.17, 15) is 19.2 Å². The summed E-state index contributed by atoms with van der Waals surface area (Å²) in [5, 5.41) is 11.3.